The van der Waals surface area contributed by atoms with Crippen molar-refractivity contribution in [1.82, 2.24) is 0 Å². The predicted octanol–water partition coefficient (Wildman–Crippen LogP) is 18.3. The van der Waals surface area contributed by atoms with Crippen LogP contribution in [0.2, 0.25) is 0 Å². The van der Waals surface area contributed by atoms with Crippen molar-refractivity contribution in [3.05, 3.63) is 164 Å². The van der Waals surface area contributed by atoms with Crippen LogP contribution in [0.5, 0.6) is 23.0 Å². The lowest BCUT2D eigenvalue weighted by Crippen LogP contribution is -2.58. The van der Waals surface area contributed by atoms with Crippen LogP contribution in [-0.4, -0.2) is 13.4 Å². The second-order valence-electron chi connectivity index (χ2n) is 29.7. The van der Waals surface area contributed by atoms with Gasteiger partial charge in [-0.2, -0.15) is 0 Å². The molecule has 0 unspecified atom stereocenters. The summed E-state index contributed by atoms with van der Waals surface area (Å²) in [5, 5.41) is 7.98. The van der Waals surface area contributed by atoms with Crippen LogP contribution >= 0.6 is 31.9 Å². The maximum absolute atomic E-state index is 7.08. The lowest BCUT2D eigenvalue weighted by molar-refractivity contribution is 0.487. The molecule has 4 aliphatic heterocycles. The molecule has 0 radical (unpaired) electrons. The monoisotopic (exact) mass is 1180 g/mol. The van der Waals surface area contributed by atoms with Gasteiger partial charge in [-0.25, -0.2) is 0 Å². The maximum Gasteiger partial charge on any atom is 0.252 e. The number of rotatable bonds is 3. The molecule has 0 saturated carbocycles. The first kappa shape index (κ1) is 53.0. The first-order valence-electron chi connectivity index (χ1n) is 29.5. The Hall–Kier alpha value is -6.07. The zero-order valence-corrected chi connectivity index (χ0v) is 53.5. The van der Waals surface area contributed by atoms with Gasteiger partial charge in [0.15, 0.2) is 0 Å². The van der Waals surface area contributed by atoms with Gasteiger partial charge >= 0.3 is 0 Å². The van der Waals surface area contributed by atoms with E-state index in [0.717, 1.165) is 31.9 Å². The molecule has 0 atom stereocenters. The van der Waals surface area contributed by atoms with E-state index in [4.69, 9.17) is 9.47 Å². The highest BCUT2D eigenvalue weighted by Crippen LogP contribution is 2.56. The molecule has 0 N–H and O–H groups in total. The summed E-state index contributed by atoms with van der Waals surface area (Å²) in [6.45, 7) is 40.8. The lowest BCUT2D eigenvalue weighted by atomic mass is 9.32. The fraction of sp³-hybridized carbons (Fsp3) is 0.307. The van der Waals surface area contributed by atoms with Crippen molar-refractivity contribution in [3.63, 3.8) is 0 Å². The van der Waals surface area contributed by atoms with Gasteiger partial charge in [-0.3, -0.25) is 0 Å². The molecular formula is C75H72B2Br2O2. The Morgan fingerprint density at radius 2 is 0.728 bits per heavy atom. The average molecular weight is 1190 g/mol. The standard InChI is InChI=1S/C75H72B2Br2O2/c1-38(2)39-26-51(72(6,7)8)63(52(27-39)73(9,10)11)43-34-45-49-30-41(78)32-61-69(49)77(56-23-19-21-25-60(56)80-61)58-37-48-44(64-53(74(12,13)14)28-40(71(3,4)5)29-54(64)75(15,16)17)35-46-50-31-42(79)33-62-70(50)76(55-22-18-20-24-59(55)81-62)57-36-47(43)67(65(45)58)68(48)66(46)57/h18-38H,1-17H3. The highest BCUT2D eigenvalue weighted by molar-refractivity contribution is 9.10. The summed E-state index contributed by atoms with van der Waals surface area (Å²) in [5.74, 6) is 4.02. The highest BCUT2D eigenvalue weighted by Gasteiger charge is 2.46. The van der Waals surface area contributed by atoms with Crippen LogP contribution in [0.25, 0.3) is 76.8 Å². The molecule has 10 aromatic carbocycles. The summed E-state index contributed by atoms with van der Waals surface area (Å²) >= 11 is 8.16. The fourth-order valence-electron chi connectivity index (χ4n) is 14.8. The average Bonchev–Trinajstić information content (AvgIpc) is 0.976. The Labute approximate surface area is 498 Å². The van der Waals surface area contributed by atoms with E-state index in [1.165, 1.54) is 143 Å². The Balaban J connectivity index is 1.31. The Bertz CT molecular complexity index is 4360. The molecule has 0 aliphatic carbocycles. The van der Waals surface area contributed by atoms with Gasteiger partial charge in [-0.15, -0.1) is 0 Å². The third-order valence-corrected chi connectivity index (χ3v) is 19.6. The molecule has 0 spiro atoms. The van der Waals surface area contributed by atoms with Crippen LogP contribution in [-0.2, 0) is 27.1 Å². The van der Waals surface area contributed by atoms with Crippen LogP contribution in [0, 0.1) is 0 Å². The van der Waals surface area contributed by atoms with E-state index in [1.807, 2.05) is 0 Å². The van der Waals surface area contributed by atoms with Crippen LogP contribution in [0.15, 0.2) is 130 Å². The third-order valence-electron chi connectivity index (χ3n) is 18.7. The number of hydrogen-bond donors (Lipinski definition) is 0. The highest BCUT2D eigenvalue weighted by atomic mass is 79.9. The van der Waals surface area contributed by atoms with Gasteiger partial charge in [0.25, 0.3) is 13.4 Å². The summed E-state index contributed by atoms with van der Waals surface area (Å²) < 4.78 is 16.2. The Morgan fingerprint density at radius 1 is 0.358 bits per heavy atom. The lowest BCUT2D eigenvalue weighted by Gasteiger charge is -2.39. The first-order valence-corrected chi connectivity index (χ1v) is 31.0. The predicted molar refractivity (Wildman–Crippen MR) is 357 cm³/mol. The normalized spacial score (nSPS) is 14.4. The number of fused-ring (bicyclic) bond motifs is 8. The third kappa shape index (κ3) is 7.77. The molecule has 0 aromatic heterocycles. The summed E-state index contributed by atoms with van der Waals surface area (Å²) in [6, 6.07) is 47.7. The van der Waals surface area contributed by atoms with Crippen molar-refractivity contribution in [1.29, 1.82) is 0 Å². The van der Waals surface area contributed by atoms with Crippen molar-refractivity contribution in [2.45, 2.75) is 151 Å². The van der Waals surface area contributed by atoms with E-state index < -0.39 is 0 Å². The molecule has 0 saturated heterocycles. The van der Waals surface area contributed by atoms with E-state index in [2.05, 4.69) is 271 Å². The molecule has 10 aromatic rings. The van der Waals surface area contributed by atoms with Gasteiger partial charge in [0.1, 0.15) is 23.0 Å². The van der Waals surface area contributed by atoms with Crippen molar-refractivity contribution >= 4 is 110 Å². The fourth-order valence-corrected chi connectivity index (χ4v) is 15.7. The zero-order chi connectivity index (χ0) is 57.3. The van der Waals surface area contributed by atoms with Crippen molar-refractivity contribution in [2.24, 2.45) is 0 Å². The molecule has 14 rings (SSSR count). The molecule has 404 valence electrons. The minimum atomic E-state index is -0.203. The van der Waals surface area contributed by atoms with E-state index in [1.54, 1.807) is 0 Å². The van der Waals surface area contributed by atoms with E-state index >= 15 is 0 Å². The molecule has 0 bridgehead atoms. The number of para-hydroxylation sites is 2. The molecule has 6 heteroatoms. The second kappa shape index (κ2) is 17.3. The summed E-state index contributed by atoms with van der Waals surface area (Å²) in [4.78, 5) is 0. The summed E-state index contributed by atoms with van der Waals surface area (Å²) in [7, 11) is 0. The zero-order valence-electron chi connectivity index (χ0n) is 50.4. The number of halogens is 2. The largest absolute Gasteiger partial charge is 0.458 e. The van der Waals surface area contributed by atoms with E-state index in [9.17, 15) is 0 Å². The molecule has 81 heavy (non-hydrogen) atoms. The first-order chi connectivity index (χ1) is 38.0. The molecule has 2 nitrogen and oxygen atoms in total. The minimum Gasteiger partial charge on any atom is -0.458 e. The Kier molecular flexibility index (Phi) is 11.3. The smallest absolute Gasteiger partial charge is 0.252 e. The van der Waals surface area contributed by atoms with Gasteiger partial charge in [0.05, 0.1) is 0 Å². The summed E-state index contributed by atoms with van der Waals surface area (Å²) in [5.41, 5.74) is 25.3. The molecule has 0 amide bonds. The molecular weight excluding hydrogens is 1110 g/mol. The van der Waals surface area contributed by atoms with Crippen LogP contribution < -0.4 is 42.3 Å². The van der Waals surface area contributed by atoms with Gasteiger partial charge in [0.2, 0.25) is 0 Å². The van der Waals surface area contributed by atoms with Crippen molar-refractivity contribution in [3.8, 4) is 67.5 Å². The van der Waals surface area contributed by atoms with Gasteiger partial charge < -0.3 is 9.47 Å². The van der Waals surface area contributed by atoms with Gasteiger partial charge in [-0.1, -0.05) is 233 Å². The topological polar surface area (TPSA) is 18.5 Å². The van der Waals surface area contributed by atoms with E-state index in [-0.39, 0.29) is 40.5 Å². The Morgan fingerprint density at radius 3 is 1.09 bits per heavy atom. The van der Waals surface area contributed by atoms with Crippen LogP contribution in [0.1, 0.15) is 157 Å². The second-order valence-corrected chi connectivity index (χ2v) is 31.5. The van der Waals surface area contributed by atoms with E-state index in [0.29, 0.717) is 5.92 Å². The maximum atomic E-state index is 7.08. The van der Waals surface area contributed by atoms with Crippen LogP contribution in [0.3, 0.4) is 0 Å². The minimum absolute atomic E-state index is 0.0680. The van der Waals surface area contributed by atoms with Gasteiger partial charge in [-0.05, 0) is 214 Å². The van der Waals surface area contributed by atoms with Crippen LogP contribution in [0.4, 0.5) is 0 Å². The quantitative estimate of drug-likeness (QED) is 0.130. The van der Waals surface area contributed by atoms with Gasteiger partial charge in [0, 0.05) is 8.95 Å². The molecule has 4 heterocycles. The number of hydrogen-bond acceptors (Lipinski definition) is 2. The molecule has 4 aliphatic rings. The summed E-state index contributed by atoms with van der Waals surface area (Å²) in [6.07, 6.45) is 0. The number of benzene rings is 10. The SMILES string of the molecule is CC(C)c1cc(C(C)(C)C)c(-c2cc3c4c(cc5c(-c6c(C(C)(C)C)cc(C(C)(C)C)cc6C(C)(C)C)cc6c7c(cc2c4c57)B2c4ccccc4Oc4cc(Br)cc-6c42)B2c4ccccc4Oc4cc(Br)cc-3c42)c(C(C)(C)C)c1. The number of ether oxygens (including phenoxy) is 2. The van der Waals surface area contributed by atoms with Crippen molar-refractivity contribution in [2.75, 3.05) is 0 Å². The molecule has 0 fully saturated rings. The van der Waals surface area contributed by atoms with Crippen molar-refractivity contribution < 1.29 is 9.47 Å².